The molecule has 5 heteroatoms. The lowest BCUT2D eigenvalue weighted by atomic mass is 9.95. The van der Waals surface area contributed by atoms with Crippen LogP contribution in [0.5, 0.6) is 5.75 Å². The lowest BCUT2D eigenvalue weighted by Gasteiger charge is -2.31. The number of ether oxygens (including phenoxy) is 1. The van der Waals surface area contributed by atoms with E-state index in [1.165, 1.54) is 5.56 Å². The zero-order valence-corrected chi connectivity index (χ0v) is 16.6. The predicted molar refractivity (Wildman–Crippen MR) is 109 cm³/mol. The molecular formula is C23H28N2O3. The first-order valence-corrected chi connectivity index (χ1v) is 9.79. The van der Waals surface area contributed by atoms with Crippen molar-refractivity contribution in [3.05, 3.63) is 65.2 Å². The first kappa shape index (κ1) is 19.9. The molecule has 0 radical (unpaired) electrons. The number of amides is 2. The number of aryl methyl sites for hydroxylation is 1. The van der Waals surface area contributed by atoms with Gasteiger partial charge in [0.05, 0.1) is 13.5 Å². The van der Waals surface area contributed by atoms with E-state index in [-0.39, 0.29) is 17.7 Å². The Balaban J connectivity index is 1.42. The van der Waals surface area contributed by atoms with Crippen molar-refractivity contribution in [1.82, 2.24) is 10.2 Å². The van der Waals surface area contributed by atoms with Crippen LogP contribution >= 0.6 is 0 Å². The van der Waals surface area contributed by atoms with Gasteiger partial charge in [0.15, 0.2) is 0 Å². The lowest BCUT2D eigenvalue weighted by Crippen LogP contribution is -2.43. The largest absolute Gasteiger partial charge is 0.497 e. The number of nitrogens with zero attached hydrogens (tertiary/aromatic N) is 1. The van der Waals surface area contributed by atoms with Crippen molar-refractivity contribution in [1.29, 1.82) is 0 Å². The van der Waals surface area contributed by atoms with E-state index in [1.807, 2.05) is 60.4 Å². The smallest absolute Gasteiger partial charge is 0.226 e. The average Bonchev–Trinajstić information content (AvgIpc) is 2.74. The third kappa shape index (κ3) is 5.35. The van der Waals surface area contributed by atoms with E-state index in [2.05, 4.69) is 5.32 Å². The number of carbonyl (C=O) groups excluding carboxylic acids is 2. The zero-order valence-electron chi connectivity index (χ0n) is 16.6. The van der Waals surface area contributed by atoms with Crippen molar-refractivity contribution in [3.63, 3.8) is 0 Å². The van der Waals surface area contributed by atoms with Gasteiger partial charge in [0, 0.05) is 25.6 Å². The lowest BCUT2D eigenvalue weighted by molar-refractivity contribution is -0.135. The maximum Gasteiger partial charge on any atom is 0.226 e. The Morgan fingerprint density at radius 1 is 1.00 bits per heavy atom. The van der Waals surface area contributed by atoms with Crippen LogP contribution in [0, 0.1) is 12.8 Å². The first-order valence-electron chi connectivity index (χ1n) is 9.79. The molecule has 1 heterocycles. The van der Waals surface area contributed by atoms with Crippen LogP contribution in [-0.4, -0.2) is 36.9 Å². The highest BCUT2D eigenvalue weighted by Gasteiger charge is 2.27. The molecule has 0 unspecified atom stereocenters. The van der Waals surface area contributed by atoms with Gasteiger partial charge >= 0.3 is 0 Å². The number of nitrogens with one attached hydrogen (secondary N) is 1. The van der Waals surface area contributed by atoms with Crippen LogP contribution in [0.25, 0.3) is 0 Å². The van der Waals surface area contributed by atoms with Gasteiger partial charge in [-0.15, -0.1) is 0 Å². The molecule has 2 amide bonds. The molecule has 0 atom stereocenters. The zero-order chi connectivity index (χ0) is 19.9. The summed E-state index contributed by atoms with van der Waals surface area (Å²) in [5.41, 5.74) is 3.27. The molecule has 3 rings (SSSR count). The van der Waals surface area contributed by atoms with Gasteiger partial charge in [-0.3, -0.25) is 9.59 Å². The van der Waals surface area contributed by atoms with Gasteiger partial charge in [-0.1, -0.05) is 42.0 Å². The van der Waals surface area contributed by atoms with Crippen LogP contribution < -0.4 is 10.1 Å². The van der Waals surface area contributed by atoms with E-state index in [0.717, 1.165) is 16.9 Å². The summed E-state index contributed by atoms with van der Waals surface area (Å²) >= 11 is 0. The number of piperidine rings is 1. The SMILES string of the molecule is COc1ccc(CNC(=O)C2CCN(C(=O)Cc3ccc(C)cc3)CC2)cc1. The summed E-state index contributed by atoms with van der Waals surface area (Å²) in [5.74, 6) is 0.988. The number of likely N-dealkylation sites (tertiary alicyclic amines) is 1. The number of carbonyl (C=O) groups is 2. The summed E-state index contributed by atoms with van der Waals surface area (Å²) in [4.78, 5) is 26.8. The van der Waals surface area contributed by atoms with Crippen molar-refractivity contribution < 1.29 is 14.3 Å². The summed E-state index contributed by atoms with van der Waals surface area (Å²) in [5, 5.41) is 3.01. The Labute approximate surface area is 166 Å². The van der Waals surface area contributed by atoms with E-state index >= 15 is 0 Å². The number of benzene rings is 2. The Kier molecular flexibility index (Phi) is 6.69. The van der Waals surface area contributed by atoms with Gasteiger partial charge in [-0.2, -0.15) is 0 Å². The van der Waals surface area contributed by atoms with Gasteiger partial charge in [-0.05, 0) is 43.0 Å². The third-order valence-corrected chi connectivity index (χ3v) is 5.32. The molecule has 0 aliphatic carbocycles. The highest BCUT2D eigenvalue weighted by Crippen LogP contribution is 2.19. The normalized spacial score (nSPS) is 14.6. The standard InChI is InChI=1S/C23H28N2O3/c1-17-3-5-18(6-4-17)15-22(26)25-13-11-20(12-14-25)23(27)24-16-19-7-9-21(28-2)10-8-19/h3-10,20H,11-16H2,1-2H3,(H,24,27). The fraction of sp³-hybridized carbons (Fsp3) is 0.391. The minimum atomic E-state index is -0.0262. The minimum Gasteiger partial charge on any atom is -0.497 e. The summed E-state index contributed by atoms with van der Waals surface area (Å²) in [6.45, 7) is 3.84. The number of rotatable bonds is 6. The number of methoxy groups -OCH3 is 1. The molecule has 5 nitrogen and oxygen atoms in total. The van der Waals surface area contributed by atoms with Crippen molar-refractivity contribution in [2.45, 2.75) is 32.7 Å². The van der Waals surface area contributed by atoms with Gasteiger partial charge < -0.3 is 15.0 Å². The molecule has 1 fully saturated rings. The molecule has 0 aromatic heterocycles. The summed E-state index contributed by atoms with van der Waals surface area (Å²) in [6.07, 6.45) is 1.86. The Hall–Kier alpha value is -2.82. The Bertz CT molecular complexity index is 792. The van der Waals surface area contributed by atoms with Crippen LogP contribution in [0.15, 0.2) is 48.5 Å². The quantitative estimate of drug-likeness (QED) is 0.838. The second-order valence-electron chi connectivity index (χ2n) is 7.38. The highest BCUT2D eigenvalue weighted by molar-refractivity contribution is 5.81. The molecule has 0 spiro atoms. The van der Waals surface area contributed by atoms with Crippen LogP contribution in [-0.2, 0) is 22.6 Å². The Morgan fingerprint density at radius 2 is 1.61 bits per heavy atom. The monoisotopic (exact) mass is 380 g/mol. The fourth-order valence-corrected chi connectivity index (χ4v) is 3.46. The van der Waals surface area contributed by atoms with Gasteiger partial charge in [-0.25, -0.2) is 0 Å². The molecular weight excluding hydrogens is 352 g/mol. The fourth-order valence-electron chi connectivity index (χ4n) is 3.46. The van der Waals surface area contributed by atoms with E-state index in [9.17, 15) is 9.59 Å². The van der Waals surface area contributed by atoms with Gasteiger partial charge in [0.25, 0.3) is 0 Å². The maximum atomic E-state index is 12.5. The summed E-state index contributed by atoms with van der Waals surface area (Å²) < 4.78 is 5.14. The van der Waals surface area contributed by atoms with Gasteiger partial charge in [0.2, 0.25) is 11.8 Å². The van der Waals surface area contributed by atoms with Crippen molar-refractivity contribution in [3.8, 4) is 5.75 Å². The molecule has 0 saturated carbocycles. The molecule has 1 saturated heterocycles. The summed E-state index contributed by atoms with van der Waals surface area (Å²) in [6, 6.07) is 15.7. The van der Waals surface area contributed by atoms with E-state index < -0.39 is 0 Å². The van der Waals surface area contributed by atoms with Crippen LogP contribution in [0.4, 0.5) is 0 Å². The topological polar surface area (TPSA) is 58.6 Å². The van der Waals surface area contributed by atoms with Crippen molar-refractivity contribution >= 4 is 11.8 Å². The summed E-state index contributed by atoms with van der Waals surface area (Å²) in [7, 11) is 1.63. The molecule has 0 bridgehead atoms. The molecule has 28 heavy (non-hydrogen) atoms. The van der Waals surface area contributed by atoms with Crippen molar-refractivity contribution in [2.24, 2.45) is 5.92 Å². The number of hydrogen-bond acceptors (Lipinski definition) is 3. The first-order chi connectivity index (χ1) is 13.5. The third-order valence-electron chi connectivity index (χ3n) is 5.32. The van der Waals surface area contributed by atoms with Crippen LogP contribution in [0.3, 0.4) is 0 Å². The molecule has 2 aromatic carbocycles. The second-order valence-corrected chi connectivity index (χ2v) is 7.38. The molecule has 1 aliphatic heterocycles. The second kappa shape index (κ2) is 9.40. The predicted octanol–water partition coefficient (Wildman–Crippen LogP) is 3.10. The van der Waals surface area contributed by atoms with Gasteiger partial charge in [0.1, 0.15) is 5.75 Å². The molecule has 1 aliphatic rings. The number of hydrogen-bond donors (Lipinski definition) is 1. The van der Waals surface area contributed by atoms with E-state index in [0.29, 0.717) is 38.9 Å². The molecule has 2 aromatic rings. The highest BCUT2D eigenvalue weighted by atomic mass is 16.5. The maximum absolute atomic E-state index is 12.5. The molecule has 1 N–H and O–H groups in total. The average molecular weight is 380 g/mol. The molecule has 148 valence electrons. The van der Waals surface area contributed by atoms with E-state index in [4.69, 9.17) is 4.74 Å². The van der Waals surface area contributed by atoms with Crippen LogP contribution in [0.1, 0.15) is 29.5 Å². The van der Waals surface area contributed by atoms with Crippen molar-refractivity contribution in [2.75, 3.05) is 20.2 Å². The minimum absolute atomic E-state index is 0.0262. The van der Waals surface area contributed by atoms with E-state index in [1.54, 1.807) is 7.11 Å². The Morgan fingerprint density at radius 3 is 2.21 bits per heavy atom. The van der Waals surface area contributed by atoms with Crippen LogP contribution in [0.2, 0.25) is 0 Å².